The van der Waals surface area contributed by atoms with E-state index in [-0.39, 0.29) is 6.54 Å². The normalized spacial score (nSPS) is 9.28. The molecule has 0 bridgehead atoms. The van der Waals surface area contributed by atoms with Crippen molar-refractivity contribution in [2.24, 2.45) is 5.11 Å². The Morgan fingerprint density at radius 2 is 1.78 bits per heavy atom. The number of hydrogen-bond donors (Lipinski definition) is 0. The van der Waals surface area contributed by atoms with Crippen LogP contribution >= 0.6 is 11.6 Å². The van der Waals surface area contributed by atoms with Crippen LogP contribution in [0.25, 0.3) is 10.4 Å². The highest BCUT2D eigenvalue weighted by atomic mass is 35.5. The summed E-state index contributed by atoms with van der Waals surface area (Å²) in [5.74, 6) is 1.96. The van der Waals surface area contributed by atoms with Crippen molar-refractivity contribution < 1.29 is 9.05 Å². The standard InChI is InChI=1S/C5H6ClNO.C5H6N4O/c1-4-2-5(3-6)7-8-4;1-4-2-5(8-10-4)3-7-9-6/h2H,3H2,1H3;2H,3H2,1H3. The number of hydrogen-bond acceptors (Lipinski definition) is 5. The SMILES string of the molecule is Cc1cc(CCl)no1.Cc1cc(CN=[N+]=[N-])no1. The maximum Gasteiger partial charge on any atom is 0.133 e. The van der Waals surface area contributed by atoms with Gasteiger partial charge in [0.1, 0.15) is 11.5 Å². The van der Waals surface area contributed by atoms with Gasteiger partial charge in [0.15, 0.2) is 0 Å². The first kappa shape index (κ1) is 14.1. The van der Waals surface area contributed by atoms with Crippen molar-refractivity contribution in [3.8, 4) is 0 Å². The lowest BCUT2D eigenvalue weighted by atomic mass is 10.4. The second-order valence-corrected chi connectivity index (χ2v) is 3.65. The third-order valence-corrected chi connectivity index (χ3v) is 2.06. The molecule has 0 fully saturated rings. The Hall–Kier alpha value is -1.98. The number of aryl methyl sites for hydroxylation is 2. The lowest BCUT2D eigenvalue weighted by molar-refractivity contribution is 0.391. The van der Waals surface area contributed by atoms with Crippen LogP contribution in [0, 0.1) is 13.8 Å². The number of rotatable bonds is 3. The Morgan fingerprint density at radius 3 is 2.11 bits per heavy atom. The van der Waals surface area contributed by atoms with Crippen molar-refractivity contribution in [2.45, 2.75) is 26.3 Å². The van der Waals surface area contributed by atoms with Crippen LogP contribution in [0.3, 0.4) is 0 Å². The minimum Gasteiger partial charge on any atom is -0.361 e. The molecular weight excluding hydrogens is 258 g/mol. The fourth-order valence-corrected chi connectivity index (χ4v) is 1.20. The Bertz CT molecular complexity index is 530. The van der Waals surface area contributed by atoms with Crippen LogP contribution in [0.4, 0.5) is 0 Å². The highest BCUT2D eigenvalue weighted by Gasteiger charge is 1.96. The van der Waals surface area contributed by atoms with Crippen LogP contribution in [-0.4, -0.2) is 10.3 Å². The zero-order valence-corrected chi connectivity index (χ0v) is 10.8. The molecule has 0 saturated carbocycles. The van der Waals surface area contributed by atoms with Gasteiger partial charge in [-0.25, -0.2) is 0 Å². The van der Waals surface area contributed by atoms with Crippen LogP contribution < -0.4 is 0 Å². The smallest absolute Gasteiger partial charge is 0.133 e. The summed E-state index contributed by atoms with van der Waals surface area (Å²) in [5, 5.41) is 10.6. The van der Waals surface area contributed by atoms with Crippen molar-refractivity contribution in [1.82, 2.24) is 10.3 Å². The van der Waals surface area contributed by atoms with Crippen LogP contribution in [0.5, 0.6) is 0 Å². The molecule has 96 valence electrons. The largest absolute Gasteiger partial charge is 0.361 e. The van der Waals surface area contributed by atoms with Crippen molar-refractivity contribution >= 4 is 11.6 Å². The van der Waals surface area contributed by atoms with E-state index in [0.717, 1.165) is 17.2 Å². The van der Waals surface area contributed by atoms with Crippen molar-refractivity contribution in [1.29, 1.82) is 0 Å². The van der Waals surface area contributed by atoms with E-state index in [0.29, 0.717) is 11.6 Å². The van der Waals surface area contributed by atoms with E-state index in [2.05, 4.69) is 20.3 Å². The Labute approximate surface area is 108 Å². The lowest BCUT2D eigenvalue weighted by Crippen LogP contribution is -1.75. The molecule has 2 aromatic rings. The zero-order valence-electron chi connectivity index (χ0n) is 10.00. The predicted molar refractivity (Wildman–Crippen MR) is 64.9 cm³/mol. The summed E-state index contributed by atoms with van der Waals surface area (Å²) < 4.78 is 9.45. The first-order chi connectivity index (χ1) is 8.65. The Balaban J connectivity index is 0.000000184. The summed E-state index contributed by atoms with van der Waals surface area (Å²) in [4.78, 5) is 2.58. The summed E-state index contributed by atoms with van der Waals surface area (Å²) in [7, 11) is 0. The van der Waals surface area contributed by atoms with Crippen LogP contribution in [0.2, 0.25) is 0 Å². The summed E-state index contributed by atoms with van der Waals surface area (Å²) >= 11 is 5.42. The summed E-state index contributed by atoms with van der Waals surface area (Å²) in [6.45, 7) is 3.88. The highest BCUT2D eigenvalue weighted by molar-refractivity contribution is 6.16. The molecule has 7 nitrogen and oxygen atoms in total. The molecule has 0 aliphatic heterocycles. The molecule has 0 radical (unpaired) electrons. The maximum atomic E-state index is 7.93. The number of halogens is 1. The van der Waals surface area contributed by atoms with Gasteiger partial charge in [-0.1, -0.05) is 15.4 Å². The highest BCUT2D eigenvalue weighted by Crippen LogP contribution is 2.03. The summed E-state index contributed by atoms with van der Waals surface area (Å²) in [5.41, 5.74) is 9.39. The van der Waals surface area contributed by atoms with E-state index in [9.17, 15) is 0 Å². The van der Waals surface area contributed by atoms with E-state index in [1.807, 2.05) is 13.0 Å². The predicted octanol–water partition coefficient (Wildman–Crippen LogP) is 3.52. The third kappa shape index (κ3) is 4.90. The van der Waals surface area contributed by atoms with Gasteiger partial charge in [-0.15, -0.1) is 11.6 Å². The maximum absolute atomic E-state index is 7.93. The van der Waals surface area contributed by atoms with Crippen LogP contribution in [-0.2, 0) is 12.4 Å². The molecular formula is C10H12ClN5O2. The fourth-order valence-electron chi connectivity index (χ4n) is 1.08. The average Bonchev–Trinajstić information content (AvgIpc) is 2.96. The molecule has 0 atom stereocenters. The van der Waals surface area contributed by atoms with Crippen LogP contribution in [0.1, 0.15) is 22.9 Å². The Morgan fingerprint density at radius 1 is 1.22 bits per heavy atom. The minimum absolute atomic E-state index is 0.258. The molecule has 2 heterocycles. The van der Waals surface area contributed by atoms with Gasteiger partial charge in [0.2, 0.25) is 0 Å². The third-order valence-electron chi connectivity index (χ3n) is 1.79. The second-order valence-electron chi connectivity index (χ2n) is 3.38. The molecule has 0 N–H and O–H groups in total. The van der Waals surface area contributed by atoms with Gasteiger partial charge < -0.3 is 9.05 Å². The van der Waals surface area contributed by atoms with Gasteiger partial charge in [-0.05, 0) is 19.4 Å². The van der Waals surface area contributed by atoms with E-state index < -0.39 is 0 Å². The Kier molecular flexibility index (Phi) is 5.76. The molecule has 0 aromatic carbocycles. The van der Waals surface area contributed by atoms with Gasteiger partial charge in [0.25, 0.3) is 0 Å². The lowest BCUT2D eigenvalue weighted by Gasteiger charge is -1.76. The van der Waals surface area contributed by atoms with Gasteiger partial charge in [-0.3, -0.25) is 0 Å². The van der Waals surface area contributed by atoms with E-state index in [1.54, 1.807) is 13.0 Å². The van der Waals surface area contributed by atoms with E-state index in [1.165, 1.54) is 0 Å². The molecule has 2 aromatic heterocycles. The quantitative estimate of drug-likeness (QED) is 0.368. The number of alkyl halides is 1. The van der Waals surface area contributed by atoms with Gasteiger partial charge in [-0.2, -0.15) is 0 Å². The topological polar surface area (TPSA) is 101 Å². The molecule has 0 aliphatic rings. The zero-order chi connectivity index (χ0) is 13.4. The van der Waals surface area contributed by atoms with E-state index in [4.69, 9.17) is 26.2 Å². The number of azide groups is 1. The first-order valence-corrected chi connectivity index (χ1v) is 5.60. The molecule has 0 aliphatic carbocycles. The monoisotopic (exact) mass is 269 g/mol. The minimum atomic E-state index is 0.258. The first-order valence-electron chi connectivity index (χ1n) is 5.07. The number of aromatic nitrogens is 2. The summed E-state index contributed by atoms with van der Waals surface area (Å²) in [6, 6.07) is 3.54. The number of nitrogens with zero attached hydrogens (tertiary/aromatic N) is 5. The van der Waals surface area contributed by atoms with Crippen molar-refractivity contribution in [3.63, 3.8) is 0 Å². The summed E-state index contributed by atoms with van der Waals surface area (Å²) in [6.07, 6.45) is 0. The van der Waals surface area contributed by atoms with Gasteiger partial charge in [0.05, 0.1) is 23.8 Å². The molecule has 0 spiro atoms. The second kappa shape index (κ2) is 7.37. The molecule has 18 heavy (non-hydrogen) atoms. The van der Waals surface area contributed by atoms with Crippen LogP contribution in [0.15, 0.2) is 26.3 Å². The average molecular weight is 270 g/mol. The molecule has 0 unspecified atom stereocenters. The molecule has 0 saturated heterocycles. The molecule has 2 rings (SSSR count). The van der Waals surface area contributed by atoms with Crippen molar-refractivity contribution in [2.75, 3.05) is 0 Å². The van der Waals surface area contributed by atoms with Gasteiger partial charge >= 0.3 is 0 Å². The molecule has 8 heteroatoms. The fraction of sp³-hybridized carbons (Fsp3) is 0.400. The van der Waals surface area contributed by atoms with Crippen molar-refractivity contribution in [3.05, 3.63) is 45.5 Å². The van der Waals surface area contributed by atoms with E-state index >= 15 is 0 Å². The molecule has 0 amide bonds. The van der Waals surface area contributed by atoms with Gasteiger partial charge in [0, 0.05) is 17.0 Å².